The zero-order valence-corrected chi connectivity index (χ0v) is 61.3. The molecule has 0 N–H and O–H groups in total. The van der Waals surface area contributed by atoms with Gasteiger partial charge in [0.15, 0.2) is 5.82 Å². The molecule has 0 amide bonds. The van der Waals surface area contributed by atoms with Gasteiger partial charge in [-0.1, -0.05) is 284 Å². The van der Waals surface area contributed by atoms with E-state index in [4.69, 9.17) is 14.4 Å². The van der Waals surface area contributed by atoms with Crippen molar-refractivity contribution in [2.24, 2.45) is 0 Å². The lowest BCUT2D eigenvalue weighted by atomic mass is 9.67. The minimum Gasteiger partial charge on any atom is -0.456 e. The summed E-state index contributed by atoms with van der Waals surface area (Å²) in [5, 5.41) is 11.8. The van der Waals surface area contributed by atoms with Crippen molar-refractivity contribution >= 4 is 111 Å². The second kappa shape index (κ2) is 23.0. The topological polar surface area (TPSA) is 48.8 Å². The Bertz CT molecular complexity index is 7520. The summed E-state index contributed by atoms with van der Waals surface area (Å²) in [6, 6.07) is 136. The molecule has 2 aliphatic heterocycles. The highest BCUT2D eigenvalue weighted by atomic mass is 32.2. The Morgan fingerprint density at radius 1 is 0.243 bits per heavy atom. The van der Waals surface area contributed by atoms with Gasteiger partial charge in [0.05, 0.1) is 44.3 Å². The largest absolute Gasteiger partial charge is 0.456 e. The summed E-state index contributed by atoms with van der Waals surface area (Å²) in [5.41, 5.74) is 30.0. The average Bonchev–Trinajstić information content (AvgIpc) is 1.53. The van der Waals surface area contributed by atoms with Crippen LogP contribution in [0.5, 0.6) is 0 Å². The van der Waals surface area contributed by atoms with Gasteiger partial charge in [-0.25, -0.2) is 9.97 Å². The van der Waals surface area contributed by atoms with Crippen molar-refractivity contribution in [1.29, 1.82) is 0 Å². The Hall–Kier alpha value is -13.6. The van der Waals surface area contributed by atoms with Crippen molar-refractivity contribution in [3.05, 3.63) is 408 Å². The SMILES string of the molecule is c1ccc(-c2cc(-c3cccc(-n4c5cc6c(cc5c5c7cc(-c8ccc9c(c8)oc8ccc(-n%10c%11cc%12c(cc%11c%11c%13ccccc%13ccc%11%10)C%10(c%11ccccc%11S%12)c%11ccccc%11-c%11ccccc%11%10)cc89)ccc7ccc54)C4(c5ccccc5S6)c5ccccc5-c5ccccc54)c3)nc(-c3ccccc3)n2)cc1. The minimum absolute atomic E-state index is 0.505. The number of furan rings is 1. The zero-order chi connectivity index (χ0) is 72.4. The number of fused-ring (bicyclic) bond motifs is 31. The first-order chi connectivity index (χ1) is 55.0. The Labute approximate surface area is 647 Å². The van der Waals surface area contributed by atoms with Crippen molar-refractivity contribution in [3.8, 4) is 78.7 Å². The van der Waals surface area contributed by atoms with Gasteiger partial charge >= 0.3 is 0 Å². The third kappa shape index (κ3) is 8.48. The number of hydrogen-bond donors (Lipinski definition) is 0. The maximum Gasteiger partial charge on any atom is 0.160 e. The van der Waals surface area contributed by atoms with Crippen LogP contribution in [-0.4, -0.2) is 19.1 Å². The van der Waals surface area contributed by atoms with Gasteiger partial charge in [0.25, 0.3) is 0 Å². The number of nitrogens with zero attached hydrogens (tertiary/aromatic N) is 4. The lowest BCUT2D eigenvalue weighted by Crippen LogP contribution is -2.31. The molecule has 0 unspecified atom stereocenters. The highest BCUT2D eigenvalue weighted by Crippen LogP contribution is 2.65. The fourth-order valence-electron chi connectivity index (χ4n) is 20.0. The van der Waals surface area contributed by atoms with Crippen LogP contribution >= 0.6 is 23.5 Å². The average molecular weight is 1450 g/mol. The fourth-order valence-corrected chi connectivity index (χ4v) is 22.4. The first kappa shape index (κ1) is 61.5. The molecular formula is C104H60N4OS2. The Morgan fingerprint density at radius 3 is 1.32 bits per heavy atom. The van der Waals surface area contributed by atoms with Gasteiger partial charge in [0.1, 0.15) is 11.2 Å². The molecule has 17 aromatic carbocycles. The van der Waals surface area contributed by atoms with E-state index in [9.17, 15) is 0 Å². The van der Waals surface area contributed by atoms with E-state index in [1.165, 1.54) is 140 Å². The summed E-state index contributed by atoms with van der Waals surface area (Å²) in [6.45, 7) is 0. The van der Waals surface area contributed by atoms with Crippen LogP contribution in [0.2, 0.25) is 0 Å². The van der Waals surface area contributed by atoms with Crippen LogP contribution in [0.25, 0.3) is 166 Å². The van der Waals surface area contributed by atoms with Crippen LogP contribution in [0.15, 0.2) is 388 Å². The molecule has 5 nitrogen and oxygen atoms in total. The van der Waals surface area contributed by atoms with Crippen molar-refractivity contribution in [2.45, 2.75) is 30.4 Å². The van der Waals surface area contributed by atoms with Crippen LogP contribution in [0, 0.1) is 0 Å². The number of aromatic nitrogens is 4. The van der Waals surface area contributed by atoms with Crippen LogP contribution < -0.4 is 0 Å². The van der Waals surface area contributed by atoms with Crippen LogP contribution in [-0.2, 0) is 10.8 Å². The molecule has 0 saturated heterocycles. The van der Waals surface area contributed by atoms with E-state index < -0.39 is 10.8 Å². The molecular weight excluding hydrogens is 1390 g/mol. The van der Waals surface area contributed by atoms with Crippen LogP contribution in [0.1, 0.15) is 44.5 Å². The van der Waals surface area contributed by atoms with Gasteiger partial charge in [-0.3, -0.25) is 0 Å². The second-order valence-electron chi connectivity index (χ2n) is 30.1. The van der Waals surface area contributed by atoms with E-state index >= 15 is 0 Å². The third-order valence-corrected chi connectivity index (χ3v) is 26.9. The minimum atomic E-state index is -0.573. The van der Waals surface area contributed by atoms with Gasteiger partial charge in [-0.15, -0.1) is 0 Å². The van der Waals surface area contributed by atoms with Gasteiger partial charge in [-0.2, -0.15) is 0 Å². The molecule has 21 aromatic rings. The van der Waals surface area contributed by atoms with Crippen molar-refractivity contribution in [1.82, 2.24) is 19.1 Å². The van der Waals surface area contributed by atoms with Gasteiger partial charge < -0.3 is 13.6 Å². The summed E-state index contributed by atoms with van der Waals surface area (Å²) in [7, 11) is 0. The molecule has 514 valence electrons. The predicted octanol–water partition coefficient (Wildman–Crippen LogP) is 27.2. The highest BCUT2D eigenvalue weighted by molar-refractivity contribution is 7.99. The summed E-state index contributed by atoms with van der Waals surface area (Å²) in [5.74, 6) is 0.684. The molecule has 0 atom stereocenters. The van der Waals surface area contributed by atoms with Gasteiger partial charge in [0.2, 0.25) is 0 Å². The Morgan fingerprint density at radius 2 is 0.712 bits per heavy atom. The third-order valence-electron chi connectivity index (χ3n) is 24.6. The standard InChI is InChI=1S/C104H60N4OS2/c1-3-23-63(24-4-1)88-58-89(106-102(105-88)64-25-5-2-6-26-64)67-27-21-28-68(52-67)107-91-50-46-62-42-43-65(53-76(62)101(91)79-57-87-99(60-93(79)107)111-97-41-20-18-39-85(97)104(87)82-36-15-11-32-73(82)74-33-12-16-37-83(74)104)66-44-48-75-77-55-69(47-51-94(77)109-95(75)54-66)108-90-49-45-61-22-7-8-29-70(61)100(90)78-56-86-98(59-92(78)108)110-96-40-19-17-38-84(96)103(86)80-34-13-9-30-71(80)72-31-10-14-35-81(72)103/h1-60H. The smallest absolute Gasteiger partial charge is 0.160 e. The molecule has 4 aromatic heterocycles. The molecule has 4 aliphatic rings. The number of hydrogen-bond acceptors (Lipinski definition) is 5. The lowest BCUT2D eigenvalue weighted by molar-refractivity contribution is 0.669. The van der Waals surface area contributed by atoms with E-state index in [-0.39, 0.29) is 0 Å². The molecule has 2 aliphatic carbocycles. The van der Waals surface area contributed by atoms with Crippen molar-refractivity contribution < 1.29 is 4.42 Å². The molecule has 0 radical (unpaired) electrons. The maximum atomic E-state index is 7.05. The van der Waals surface area contributed by atoms with Crippen LogP contribution in [0.3, 0.4) is 0 Å². The first-order valence-electron chi connectivity index (χ1n) is 38.1. The summed E-state index contributed by atoms with van der Waals surface area (Å²) in [6.07, 6.45) is 0. The lowest BCUT2D eigenvalue weighted by Gasteiger charge is -2.39. The summed E-state index contributed by atoms with van der Waals surface area (Å²) in [4.78, 5) is 15.6. The van der Waals surface area contributed by atoms with Crippen LogP contribution in [0.4, 0.5) is 0 Å². The predicted molar refractivity (Wildman–Crippen MR) is 458 cm³/mol. The van der Waals surface area contributed by atoms with Crippen molar-refractivity contribution in [3.63, 3.8) is 0 Å². The normalized spacial score (nSPS) is 13.8. The van der Waals surface area contributed by atoms with E-state index in [1.807, 2.05) is 29.6 Å². The molecule has 7 heteroatoms. The molecule has 6 heterocycles. The Kier molecular flexibility index (Phi) is 12.7. The number of rotatable bonds is 6. The highest BCUT2D eigenvalue weighted by Gasteiger charge is 2.52. The molecule has 0 bridgehead atoms. The molecule has 0 saturated carbocycles. The van der Waals surface area contributed by atoms with E-state index in [0.717, 1.165) is 83.6 Å². The first-order valence-corrected chi connectivity index (χ1v) is 39.7. The van der Waals surface area contributed by atoms with E-state index in [1.54, 1.807) is 0 Å². The van der Waals surface area contributed by atoms with Crippen molar-refractivity contribution in [2.75, 3.05) is 0 Å². The monoisotopic (exact) mass is 1440 g/mol. The molecule has 111 heavy (non-hydrogen) atoms. The zero-order valence-electron chi connectivity index (χ0n) is 59.7. The molecule has 2 spiro atoms. The maximum absolute atomic E-state index is 7.05. The summed E-state index contributed by atoms with van der Waals surface area (Å²) < 4.78 is 12.1. The fraction of sp³-hybridized carbons (Fsp3) is 0.0192. The van der Waals surface area contributed by atoms with E-state index in [0.29, 0.717) is 5.82 Å². The molecule has 25 rings (SSSR count). The summed E-state index contributed by atoms with van der Waals surface area (Å²) >= 11 is 3.79. The van der Waals surface area contributed by atoms with Gasteiger partial charge in [-0.05, 0) is 203 Å². The number of benzene rings is 17. The van der Waals surface area contributed by atoms with E-state index in [2.05, 4.69) is 367 Å². The quantitative estimate of drug-likeness (QED) is 0.166. The molecule has 0 fully saturated rings. The Balaban J connectivity index is 0.673. The second-order valence-corrected chi connectivity index (χ2v) is 32.3. The van der Waals surface area contributed by atoms with Gasteiger partial charge in [0, 0.05) is 80.0 Å².